The van der Waals surface area contributed by atoms with Gasteiger partial charge in [-0.2, -0.15) is 0 Å². The average molecular weight is 446 g/mol. The molecule has 6 N–H and O–H groups in total. The van der Waals surface area contributed by atoms with Crippen LogP contribution in [0.15, 0.2) is 51.9 Å². The fourth-order valence-corrected chi connectivity index (χ4v) is 3.63. The summed E-state index contributed by atoms with van der Waals surface area (Å²) in [4.78, 5) is 13.0. The molecule has 0 amide bonds. The van der Waals surface area contributed by atoms with E-state index in [1.165, 1.54) is 30.5 Å². The van der Waals surface area contributed by atoms with Gasteiger partial charge in [0.1, 0.15) is 47.8 Å². The van der Waals surface area contributed by atoms with Gasteiger partial charge in [0.05, 0.1) is 29.7 Å². The van der Waals surface area contributed by atoms with Crippen molar-refractivity contribution >= 4 is 11.0 Å². The molecule has 170 valence electrons. The summed E-state index contributed by atoms with van der Waals surface area (Å²) in [5.74, 6) is 0.0707. The van der Waals surface area contributed by atoms with Gasteiger partial charge in [-0.15, -0.1) is 0 Å². The fourth-order valence-electron chi connectivity index (χ4n) is 3.63. The molecular formula is C22H22O10. The molecule has 10 nitrogen and oxygen atoms in total. The van der Waals surface area contributed by atoms with Crippen molar-refractivity contribution in [2.75, 3.05) is 6.61 Å². The fraction of sp³-hybridized carbons (Fsp3) is 0.318. The standard InChI is InChI=1S/C22H22O10/c23-7-13-15(31-22-20(29)19(28)18(27)16(8-24)32-22)6-5-12-17(26)14(9-30-21(12)13)10-1-3-11(25)4-2-10/h1-6,9,16,18-20,22-25,27-29H,7-8H2. The van der Waals surface area contributed by atoms with Crippen LogP contribution in [0.25, 0.3) is 22.1 Å². The van der Waals surface area contributed by atoms with Crippen molar-refractivity contribution in [3.63, 3.8) is 0 Å². The summed E-state index contributed by atoms with van der Waals surface area (Å²) >= 11 is 0. The number of rotatable bonds is 5. The molecule has 1 aliphatic rings. The van der Waals surface area contributed by atoms with Gasteiger partial charge in [0, 0.05) is 0 Å². The largest absolute Gasteiger partial charge is 0.508 e. The van der Waals surface area contributed by atoms with E-state index in [2.05, 4.69) is 0 Å². The normalized spacial score (nSPS) is 25.7. The maximum absolute atomic E-state index is 13.0. The van der Waals surface area contributed by atoms with Gasteiger partial charge in [-0.1, -0.05) is 12.1 Å². The molecule has 0 saturated carbocycles. The lowest BCUT2D eigenvalue weighted by molar-refractivity contribution is -0.277. The topological polar surface area (TPSA) is 170 Å². The van der Waals surface area contributed by atoms with E-state index in [1.807, 2.05) is 0 Å². The Morgan fingerprint density at radius 3 is 2.31 bits per heavy atom. The van der Waals surface area contributed by atoms with Crippen molar-refractivity contribution in [2.24, 2.45) is 0 Å². The van der Waals surface area contributed by atoms with Crippen molar-refractivity contribution < 1.29 is 44.5 Å². The SMILES string of the molecule is O=c1c(-c2ccc(O)cc2)coc2c(CO)c(OC3OC(CO)C(O)C(O)C3O)ccc12. The summed E-state index contributed by atoms with van der Waals surface area (Å²) in [6, 6.07) is 8.81. The average Bonchev–Trinajstić information content (AvgIpc) is 2.80. The second kappa shape index (κ2) is 8.87. The van der Waals surface area contributed by atoms with Crippen LogP contribution in [0.5, 0.6) is 11.5 Å². The van der Waals surface area contributed by atoms with E-state index in [-0.39, 0.29) is 39.0 Å². The van der Waals surface area contributed by atoms with Gasteiger partial charge in [-0.05, 0) is 29.8 Å². The van der Waals surface area contributed by atoms with E-state index >= 15 is 0 Å². The van der Waals surface area contributed by atoms with Crippen LogP contribution in [0.1, 0.15) is 5.56 Å². The Labute approximate surface area is 181 Å². The Balaban J connectivity index is 1.72. The van der Waals surface area contributed by atoms with Crippen LogP contribution in [-0.4, -0.2) is 68.0 Å². The lowest BCUT2D eigenvalue weighted by Gasteiger charge is -2.39. The smallest absolute Gasteiger partial charge is 0.229 e. The Bertz CT molecular complexity index is 1150. The Hall–Kier alpha value is -2.99. The van der Waals surface area contributed by atoms with E-state index in [9.17, 15) is 35.4 Å². The van der Waals surface area contributed by atoms with Crippen LogP contribution in [0.4, 0.5) is 0 Å². The third-order valence-corrected chi connectivity index (χ3v) is 5.43. The predicted octanol–water partition coefficient (Wildman–Crippen LogP) is -0.163. The number of aliphatic hydroxyl groups excluding tert-OH is 5. The van der Waals surface area contributed by atoms with Crippen LogP contribution < -0.4 is 10.2 Å². The minimum absolute atomic E-state index is 0.0184. The van der Waals surface area contributed by atoms with E-state index in [4.69, 9.17) is 13.9 Å². The minimum Gasteiger partial charge on any atom is -0.508 e. The molecule has 1 aliphatic heterocycles. The van der Waals surface area contributed by atoms with Crippen molar-refractivity contribution in [1.29, 1.82) is 0 Å². The number of aliphatic hydroxyl groups is 5. The maximum Gasteiger partial charge on any atom is 0.229 e. The van der Waals surface area contributed by atoms with Gasteiger partial charge < -0.3 is 44.5 Å². The number of hydrogen-bond acceptors (Lipinski definition) is 10. The lowest BCUT2D eigenvalue weighted by atomic mass is 9.99. The number of phenolic OH excluding ortho intramolecular Hbond substituents is 1. The minimum atomic E-state index is -1.64. The molecule has 32 heavy (non-hydrogen) atoms. The Morgan fingerprint density at radius 1 is 0.938 bits per heavy atom. The van der Waals surface area contributed by atoms with Gasteiger partial charge in [-0.3, -0.25) is 4.79 Å². The highest BCUT2D eigenvalue weighted by Gasteiger charge is 2.45. The second-order valence-corrected chi connectivity index (χ2v) is 7.42. The zero-order chi connectivity index (χ0) is 23.0. The summed E-state index contributed by atoms with van der Waals surface area (Å²) in [6.07, 6.45) is -6.21. The van der Waals surface area contributed by atoms with Gasteiger partial charge in [0.2, 0.25) is 11.7 Å². The lowest BCUT2D eigenvalue weighted by Crippen LogP contribution is -2.60. The van der Waals surface area contributed by atoms with Crippen molar-refractivity contribution in [3.05, 3.63) is 58.4 Å². The third-order valence-electron chi connectivity index (χ3n) is 5.43. The van der Waals surface area contributed by atoms with E-state index < -0.39 is 43.9 Å². The summed E-state index contributed by atoms with van der Waals surface area (Å²) in [6.45, 7) is -1.20. The predicted molar refractivity (Wildman–Crippen MR) is 110 cm³/mol. The number of phenols is 1. The molecular weight excluding hydrogens is 424 g/mol. The summed E-state index contributed by atoms with van der Waals surface area (Å²) in [7, 11) is 0. The number of fused-ring (bicyclic) bond motifs is 1. The first kappa shape index (κ1) is 22.2. The van der Waals surface area contributed by atoms with Crippen molar-refractivity contribution in [2.45, 2.75) is 37.3 Å². The zero-order valence-corrected chi connectivity index (χ0v) is 16.7. The Morgan fingerprint density at radius 2 is 1.66 bits per heavy atom. The number of benzene rings is 2. The molecule has 3 aromatic rings. The third kappa shape index (κ3) is 3.84. The molecule has 1 fully saturated rings. The molecule has 0 spiro atoms. The van der Waals surface area contributed by atoms with Gasteiger partial charge in [0.25, 0.3) is 0 Å². The summed E-state index contributed by atoms with van der Waals surface area (Å²) in [5.41, 5.74) is 0.580. The summed E-state index contributed by atoms with van der Waals surface area (Å²) in [5, 5.41) is 58.9. The van der Waals surface area contributed by atoms with E-state index in [0.29, 0.717) is 5.56 Å². The quantitative estimate of drug-likeness (QED) is 0.309. The first-order valence-electron chi connectivity index (χ1n) is 9.80. The van der Waals surface area contributed by atoms with Gasteiger partial charge in [-0.25, -0.2) is 0 Å². The van der Waals surface area contributed by atoms with Crippen molar-refractivity contribution in [1.82, 2.24) is 0 Å². The highest BCUT2D eigenvalue weighted by Crippen LogP contribution is 2.32. The molecule has 10 heteroatoms. The molecule has 5 atom stereocenters. The van der Waals surface area contributed by atoms with Gasteiger partial charge >= 0.3 is 0 Å². The molecule has 1 aromatic heterocycles. The van der Waals surface area contributed by atoms with Crippen LogP contribution in [0.2, 0.25) is 0 Å². The maximum atomic E-state index is 13.0. The monoisotopic (exact) mass is 446 g/mol. The molecule has 5 unspecified atom stereocenters. The molecule has 4 rings (SSSR count). The number of aromatic hydroxyl groups is 1. The molecule has 0 aliphatic carbocycles. The van der Waals surface area contributed by atoms with Gasteiger partial charge in [0.15, 0.2) is 0 Å². The van der Waals surface area contributed by atoms with E-state index in [0.717, 1.165) is 0 Å². The highest BCUT2D eigenvalue weighted by atomic mass is 16.7. The first-order valence-corrected chi connectivity index (χ1v) is 9.80. The Kier molecular flexibility index (Phi) is 6.15. The van der Waals surface area contributed by atoms with E-state index in [1.54, 1.807) is 12.1 Å². The zero-order valence-electron chi connectivity index (χ0n) is 16.7. The highest BCUT2D eigenvalue weighted by molar-refractivity contribution is 5.85. The second-order valence-electron chi connectivity index (χ2n) is 7.42. The molecule has 0 bridgehead atoms. The molecule has 0 radical (unpaired) electrons. The van der Waals surface area contributed by atoms with Crippen LogP contribution in [0.3, 0.4) is 0 Å². The first-order chi connectivity index (χ1) is 15.3. The molecule has 2 heterocycles. The van der Waals surface area contributed by atoms with Crippen LogP contribution >= 0.6 is 0 Å². The number of hydrogen-bond donors (Lipinski definition) is 6. The number of ether oxygens (including phenoxy) is 2. The summed E-state index contributed by atoms with van der Waals surface area (Å²) < 4.78 is 16.6. The van der Waals surface area contributed by atoms with Crippen LogP contribution in [-0.2, 0) is 11.3 Å². The molecule has 2 aromatic carbocycles. The molecule has 1 saturated heterocycles. The van der Waals surface area contributed by atoms with Crippen LogP contribution in [0, 0.1) is 0 Å². The van der Waals surface area contributed by atoms with Crippen molar-refractivity contribution in [3.8, 4) is 22.6 Å².